The molecule has 0 saturated heterocycles. The summed E-state index contributed by atoms with van der Waals surface area (Å²) in [7, 11) is 1.67. The van der Waals surface area contributed by atoms with Gasteiger partial charge in [-0.25, -0.2) is 0 Å². The molecule has 0 heterocycles. The summed E-state index contributed by atoms with van der Waals surface area (Å²) in [5.41, 5.74) is 0. The molecule has 0 amide bonds. The molecule has 1 rings (SSSR count). The highest BCUT2D eigenvalue weighted by Gasteiger charge is 1.86. The molecule has 0 saturated carbocycles. The van der Waals surface area contributed by atoms with Crippen LogP contribution in [0.25, 0.3) is 0 Å². The normalized spacial score (nSPS) is 9.11. The van der Waals surface area contributed by atoms with E-state index in [9.17, 15) is 0 Å². The minimum atomic E-state index is 0.912. The quantitative estimate of drug-likeness (QED) is 0.682. The Morgan fingerprint density at radius 2 is 1.78 bits per heavy atom. The maximum Gasteiger partial charge on any atom is 0.118 e. The minimum Gasteiger partial charge on any atom is -0.497 e. The molecule has 0 aliphatic heterocycles. The average Bonchev–Trinajstić information content (AvgIpc) is 1.90. The number of ether oxygens (including phenoxy) is 1. The van der Waals surface area contributed by atoms with Gasteiger partial charge in [0.25, 0.3) is 0 Å². The van der Waals surface area contributed by atoms with Crippen molar-refractivity contribution in [2.24, 2.45) is 0 Å². The highest BCUT2D eigenvalue weighted by molar-refractivity contribution is 14.1. The minimum absolute atomic E-state index is 0.912. The lowest BCUT2D eigenvalue weighted by molar-refractivity contribution is 0.414. The van der Waals surface area contributed by atoms with E-state index in [0.29, 0.717) is 0 Å². The SMILES string of the molecule is COc1ccc([131I])cc1. The van der Waals surface area contributed by atoms with Crippen molar-refractivity contribution in [3.63, 3.8) is 0 Å². The fourth-order valence-corrected chi connectivity index (χ4v) is 0.930. The first-order valence-electron chi connectivity index (χ1n) is 2.62. The molecule has 1 aromatic carbocycles. The molecule has 0 spiro atoms. The van der Waals surface area contributed by atoms with Crippen molar-refractivity contribution in [1.29, 1.82) is 0 Å². The van der Waals surface area contributed by atoms with E-state index in [1.165, 1.54) is 3.57 Å². The summed E-state index contributed by atoms with van der Waals surface area (Å²) in [6.07, 6.45) is 0. The van der Waals surface area contributed by atoms with E-state index in [4.69, 9.17) is 4.74 Å². The molecular formula is C7H7IO. The molecule has 0 bridgehead atoms. The van der Waals surface area contributed by atoms with Gasteiger partial charge in [-0.1, -0.05) is 0 Å². The molecule has 1 nitrogen and oxygen atoms in total. The molecule has 0 radical (unpaired) electrons. The van der Waals surface area contributed by atoms with Crippen LogP contribution in [-0.2, 0) is 0 Å². The lowest BCUT2D eigenvalue weighted by Gasteiger charge is -1.96. The van der Waals surface area contributed by atoms with Crippen LogP contribution in [0.4, 0.5) is 0 Å². The molecule has 2 heteroatoms. The van der Waals surface area contributed by atoms with Crippen LogP contribution < -0.4 is 4.74 Å². The Kier molecular flexibility index (Phi) is 2.33. The van der Waals surface area contributed by atoms with Crippen molar-refractivity contribution in [2.45, 2.75) is 0 Å². The van der Waals surface area contributed by atoms with Gasteiger partial charge in [0.05, 0.1) is 7.11 Å². The maximum atomic E-state index is 4.97. The number of halogens is 1. The van der Waals surface area contributed by atoms with E-state index in [-0.39, 0.29) is 0 Å². The molecule has 0 unspecified atom stereocenters. The van der Waals surface area contributed by atoms with Gasteiger partial charge in [0, 0.05) is 3.57 Å². The number of hydrogen-bond donors (Lipinski definition) is 0. The molecule has 0 aliphatic rings. The molecule has 0 aliphatic carbocycles. The van der Waals surface area contributed by atoms with Crippen LogP contribution in [0.15, 0.2) is 24.3 Å². The number of hydrogen-bond acceptors (Lipinski definition) is 1. The van der Waals surface area contributed by atoms with Crippen LogP contribution in [0, 0.1) is 3.57 Å². The highest BCUT2D eigenvalue weighted by atomic mass is 131. The van der Waals surface area contributed by atoms with E-state index in [1.807, 2.05) is 24.3 Å². The van der Waals surface area contributed by atoms with Crippen LogP contribution in [0.3, 0.4) is 0 Å². The van der Waals surface area contributed by atoms with Gasteiger partial charge in [-0.05, 0) is 46.9 Å². The average molecular weight is 238 g/mol. The van der Waals surface area contributed by atoms with Gasteiger partial charge in [-0.2, -0.15) is 0 Å². The molecule has 1 aromatic rings. The van der Waals surface area contributed by atoms with Gasteiger partial charge < -0.3 is 4.74 Å². The topological polar surface area (TPSA) is 9.23 Å². The van der Waals surface area contributed by atoms with Gasteiger partial charge in [-0.15, -0.1) is 0 Å². The van der Waals surface area contributed by atoms with E-state index >= 15 is 0 Å². The molecule has 0 N–H and O–H groups in total. The van der Waals surface area contributed by atoms with Crippen molar-refractivity contribution >= 4 is 22.6 Å². The van der Waals surface area contributed by atoms with Gasteiger partial charge in [-0.3, -0.25) is 0 Å². The fraction of sp³-hybridized carbons (Fsp3) is 0.143. The Morgan fingerprint density at radius 1 is 1.22 bits per heavy atom. The van der Waals surface area contributed by atoms with Crippen molar-refractivity contribution < 1.29 is 4.74 Å². The summed E-state index contributed by atoms with van der Waals surface area (Å²) in [5.74, 6) is 0.912. The zero-order valence-corrected chi connectivity index (χ0v) is 7.25. The zero-order valence-electron chi connectivity index (χ0n) is 5.10. The summed E-state index contributed by atoms with van der Waals surface area (Å²) < 4.78 is 6.20. The Bertz CT molecular complexity index is 181. The van der Waals surface area contributed by atoms with Crippen LogP contribution in [0.2, 0.25) is 0 Å². The van der Waals surface area contributed by atoms with Crippen LogP contribution in [0.5, 0.6) is 5.75 Å². The zero-order chi connectivity index (χ0) is 6.69. The third-order valence-corrected chi connectivity index (χ3v) is 1.77. The monoisotopic (exact) mass is 238 g/mol. The third kappa shape index (κ3) is 1.86. The number of rotatable bonds is 1. The molecule has 0 aromatic heterocycles. The fourth-order valence-electron chi connectivity index (χ4n) is 0.571. The lowest BCUT2D eigenvalue weighted by Crippen LogP contribution is -1.80. The van der Waals surface area contributed by atoms with Crippen LogP contribution in [0.1, 0.15) is 0 Å². The van der Waals surface area contributed by atoms with E-state index in [1.54, 1.807) is 7.11 Å². The van der Waals surface area contributed by atoms with Gasteiger partial charge in [0.15, 0.2) is 0 Å². The molecule has 0 fully saturated rings. The summed E-state index contributed by atoms with van der Waals surface area (Å²) in [5, 5.41) is 0. The largest absolute Gasteiger partial charge is 0.497 e. The standard InChI is InChI=1S/C7H7IO/c1-9-7-4-2-6(8)3-5-7/h2-5H,1H3/i8+4. The van der Waals surface area contributed by atoms with E-state index in [2.05, 4.69) is 22.6 Å². The van der Waals surface area contributed by atoms with Crippen LogP contribution in [-0.4, -0.2) is 7.11 Å². The first-order chi connectivity index (χ1) is 4.33. The van der Waals surface area contributed by atoms with E-state index < -0.39 is 0 Å². The molecule has 0 atom stereocenters. The summed E-state index contributed by atoms with van der Waals surface area (Å²) in [6.45, 7) is 0. The van der Waals surface area contributed by atoms with Gasteiger partial charge in [0.2, 0.25) is 0 Å². The third-order valence-electron chi connectivity index (χ3n) is 1.05. The van der Waals surface area contributed by atoms with Crippen molar-refractivity contribution in [3.8, 4) is 5.75 Å². The Labute approximate surface area is 68.2 Å². The predicted molar refractivity (Wildman–Crippen MR) is 45.7 cm³/mol. The molecule has 9 heavy (non-hydrogen) atoms. The lowest BCUT2D eigenvalue weighted by atomic mass is 10.3. The first-order valence-corrected chi connectivity index (χ1v) is 3.70. The van der Waals surface area contributed by atoms with Crippen molar-refractivity contribution in [3.05, 3.63) is 27.8 Å². The second kappa shape index (κ2) is 3.06. The molecular weight excluding hydrogens is 231 g/mol. The number of benzene rings is 1. The Balaban J connectivity index is 2.88. The second-order valence-electron chi connectivity index (χ2n) is 1.66. The smallest absolute Gasteiger partial charge is 0.118 e. The van der Waals surface area contributed by atoms with Crippen LogP contribution >= 0.6 is 22.6 Å². The summed E-state index contributed by atoms with van der Waals surface area (Å²) in [6, 6.07) is 7.92. The Morgan fingerprint density at radius 3 is 2.22 bits per heavy atom. The van der Waals surface area contributed by atoms with Gasteiger partial charge >= 0.3 is 0 Å². The Hall–Kier alpha value is -0.250. The van der Waals surface area contributed by atoms with Crippen molar-refractivity contribution in [2.75, 3.05) is 7.11 Å². The maximum absolute atomic E-state index is 4.97. The predicted octanol–water partition coefficient (Wildman–Crippen LogP) is 2.30. The highest BCUT2D eigenvalue weighted by Crippen LogP contribution is 2.11. The summed E-state index contributed by atoms with van der Waals surface area (Å²) >= 11 is 2.26. The first kappa shape index (κ1) is 6.86. The molecule has 48 valence electrons. The van der Waals surface area contributed by atoms with E-state index in [0.717, 1.165) is 5.75 Å². The summed E-state index contributed by atoms with van der Waals surface area (Å²) in [4.78, 5) is 0. The second-order valence-corrected chi connectivity index (χ2v) is 2.90. The van der Waals surface area contributed by atoms with Gasteiger partial charge in [0.1, 0.15) is 5.75 Å². The van der Waals surface area contributed by atoms with Crippen molar-refractivity contribution in [1.82, 2.24) is 0 Å². The number of methoxy groups -OCH3 is 1.